The van der Waals surface area contributed by atoms with Crippen molar-refractivity contribution in [1.29, 1.82) is 0 Å². The van der Waals surface area contributed by atoms with Crippen LogP contribution >= 0.6 is 11.6 Å². The van der Waals surface area contributed by atoms with Gasteiger partial charge in [0.15, 0.2) is 5.60 Å². The van der Waals surface area contributed by atoms with Gasteiger partial charge >= 0.3 is 11.9 Å². The summed E-state index contributed by atoms with van der Waals surface area (Å²) in [4.78, 5) is 23.0. The van der Waals surface area contributed by atoms with E-state index in [4.69, 9.17) is 21.4 Å². The number of halogens is 1. The summed E-state index contributed by atoms with van der Waals surface area (Å²) in [5.74, 6) is -1.65. The van der Waals surface area contributed by atoms with Gasteiger partial charge in [-0.3, -0.25) is 4.79 Å². The van der Waals surface area contributed by atoms with Crippen molar-refractivity contribution in [2.24, 2.45) is 0 Å². The molecule has 2 aromatic carbocycles. The fourth-order valence-electron chi connectivity index (χ4n) is 3.37. The molecule has 0 radical (unpaired) electrons. The molecule has 2 N–H and O–H groups in total. The van der Waals surface area contributed by atoms with E-state index in [1.165, 1.54) is 12.1 Å². The Morgan fingerprint density at radius 3 is 2.04 bits per heavy atom. The van der Waals surface area contributed by atoms with E-state index in [9.17, 15) is 14.7 Å². The second kappa shape index (κ2) is 5.47. The van der Waals surface area contributed by atoms with Crippen LogP contribution in [0.5, 0.6) is 5.75 Å². The van der Waals surface area contributed by atoms with Gasteiger partial charge in [-0.25, -0.2) is 4.79 Å². The van der Waals surface area contributed by atoms with Crippen LogP contribution in [0.3, 0.4) is 0 Å². The molecule has 5 aliphatic rings. The minimum Gasteiger partial charge on any atom is -0.480 e. The monoisotopic (exact) mass is 368 g/mol. The highest BCUT2D eigenvalue weighted by molar-refractivity contribution is 6.33. The van der Waals surface area contributed by atoms with E-state index in [2.05, 4.69) is 0 Å². The average Bonchev–Trinajstić information content (AvgIpc) is 2.60. The average molecular weight is 369 g/mol. The lowest BCUT2D eigenvalue weighted by Gasteiger charge is -2.40. The summed E-state index contributed by atoms with van der Waals surface area (Å²) in [6, 6.07) is 13.1. The summed E-state index contributed by atoms with van der Waals surface area (Å²) in [5.41, 5.74) is -0.989. The zero-order valence-electron chi connectivity index (χ0n) is 13.3. The fraction of sp³-hybridized carbons (Fsp3) is 0.100. The van der Waals surface area contributed by atoms with Crippen molar-refractivity contribution in [3.05, 3.63) is 88.5 Å². The van der Waals surface area contributed by atoms with Crippen molar-refractivity contribution in [3.8, 4) is 5.75 Å². The molecule has 0 fully saturated rings. The summed E-state index contributed by atoms with van der Waals surface area (Å²) in [6.07, 6.45) is 4.82. The van der Waals surface area contributed by atoms with Crippen LogP contribution < -0.4 is 4.74 Å². The van der Waals surface area contributed by atoms with E-state index in [1.807, 2.05) is 12.1 Å². The smallest absolute Gasteiger partial charge is 0.335 e. The Bertz CT molecular complexity index is 974. The van der Waals surface area contributed by atoms with Crippen molar-refractivity contribution in [3.63, 3.8) is 0 Å². The molecule has 0 amide bonds. The number of carbonyl (C=O) groups is 2. The Hall–Kier alpha value is -3.05. The number of hydrogen-bond donors (Lipinski definition) is 2. The summed E-state index contributed by atoms with van der Waals surface area (Å²) in [7, 11) is 0. The third-order valence-corrected chi connectivity index (χ3v) is 5.22. The molecule has 2 atom stereocenters. The van der Waals surface area contributed by atoms with E-state index in [1.54, 1.807) is 42.5 Å². The van der Waals surface area contributed by atoms with Gasteiger partial charge in [0.2, 0.25) is 0 Å². The van der Waals surface area contributed by atoms with Crippen molar-refractivity contribution in [2.75, 3.05) is 0 Å². The molecule has 0 aromatic heterocycles. The fourth-order valence-corrected chi connectivity index (χ4v) is 3.78. The first kappa shape index (κ1) is 16.4. The summed E-state index contributed by atoms with van der Waals surface area (Å²) in [5, 5.41) is 19.0. The third kappa shape index (κ3) is 2.17. The highest BCUT2D eigenvalue weighted by Gasteiger charge is 2.49. The van der Waals surface area contributed by atoms with Crippen LogP contribution in [0.25, 0.3) is 0 Å². The number of aliphatic carboxylic acids is 1. The number of hydrogen-bond acceptors (Lipinski definition) is 3. The van der Waals surface area contributed by atoms with Crippen molar-refractivity contribution in [1.82, 2.24) is 0 Å². The number of ether oxygens (including phenoxy) is 1. The van der Waals surface area contributed by atoms with E-state index in [-0.39, 0.29) is 10.6 Å². The summed E-state index contributed by atoms with van der Waals surface area (Å²) >= 11 is 6.43. The van der Waals surface area contributed by atoms with Crippen LogP contribution in [0.15, 0.2) is 71.8 Å². The zero-order valence-corrected chi connectivity index (χ0v) is 14.1. The lowest BCUT2D eigenvalue weighted by atomic mass is 9.70. The zero-order chi connectivity index (χ0) is 18.5. The molecule has 130 valence electrons. The maximum Gasteiger partial charge on any atom is 0.335 e. The Morgan fingerprint density at radius 1 is 0.885 bits per heavy atom. The molecular formula is C20H13ClO5. The Kier molecular flexibility index (Phi) is 3.46. The highest BCUT2D eigenvalue weighted by atomic mass is 35.5. The molecule has 0 aliphatic heterocycles. The molecule has 7 rings (SSSR count). The van der Waals surface area contributed by atoms with Crippen molar-refractivity contribution < 1.29 is 24.5 Å². The number of carboxylic acids is 2. The molecule has 6 heteroatoms. The predicted molar refractivity (Wildman–Crippen MR) is 94.5 cm³/mol. The lowest BCUT2D eigenvalue weighted by molar-refractivity contribution is -0.140. The standard InChI is InChI=1S/C20H13ClO5/c21-16-11-19(26-15-7-1-12(2-8-15)17(22)23)9-10-20(16,18(24)25)14-5-3-13(19)4-6-14/h1-11H,(H,22,23)(H,24,25). The van der Waals surface area contributed by atoms with E-state index >= 15 is 0 Å². The minimum atomic E-state index is -1.43. The van der Waals surface area contributed by atoms with Gasteiger partial charge in [-0.05, 0) is 42.0 Å². The number of carboxylic acid groups (broad SMARTS) is 2. The molecular weight excluding hydrogens is 356 g/mol. The molecule has 2 aromatic rings. The van der Waals surface area contributed by atoms with Gasteiger partial charge in [0, 0.05) is 10.6 Å². The van der Waals surface area contributed by atoms with Crippen LogP contribution in [0.2, 0.25) is 0 Å². The Balaban J connectivity index is 1.83. The SMILES string of the molecule is O=C(O)c1ccc(OC23C=CC(C(=O)O)(C(Cl)=C2)c2ccc3cc2)cc1. The van der Waals surface area contributed by atoms with Gasteiger partial charge in [0.25, 0.3) is 0 Å². The van der Waals surface area contributed by atoms with Gasteiger partial charge in [0.05, 0.1) is 5.56 Å². The Morgan fingerprint density at radius 2 is 1.50 bits per heavy atom. The van der Waals surface area contributed by atoms with Gasteiger partial charge in [-0.2, -0.15) is 0 Å². The molecule has 5 nitrogen and oxygen atoms in total. The van der Waals surface area contributed by atoms with Crippen molar-refractivity contribution >= 4 is 23.5 Å². The molecule has 2 unspecified atom stereocenters. The molecule has 0 saturated heterocycles. The second-order valence-corrected chi connectivity index (χ2v) is 6.65. The highest BCUT2D eigenvalue weighted by Crippen LogP contribution is 2.48. The topological polar surface area (TPSA) is 83.8 Å². The first-order valence-corrected chi connectivity index (χ1v) is 8.21. The lowest BCUT2D eigenvalue weighted by Crippen LogP contribution is -2.43. The quantitative estimate of drug-likeness (QED) is 0.804. The van der Waals surface area contributed by atoms with Crippen LogP contribution in [0.4, 0.5) is 0 Å². The van der Waals surface area contributed by atoms with Crippen molar-refractivity contribution in [2.45, 2.75) is 11.0 Å². The Labute approximate surface area is 153 Å². The van der Waals surface area contributed by atoms with Gasteiger partial charge in [0.1, 0.15) is 11.2 Å². The number of benzene rings is 2. The molecule has 0 heterocycles. The predicted octanol–water partition coefficient (Wildman–Crippen LogP) is 3.69. The van der Waals surface area contributed by atoms with E-state index < -0.39 is 23.0 Å². The third-order valence-electron chi connectivity index (χ3n) is 4.82. The van der Waals surface area contributed by atoms with Gasteiger partial charge < -0.3 is 14.9 Å². The summed E-state index contributed by atoms with van der Waals surface area (Å²) in [6.45, 7) is 0. The molecule has 0 spiro atoms. The van der Waals surface area contributed by atoms with Crippen LogP contribution in [-0.4, -0.2) is 22.2 Å². The van der Waals surface area contributed by atoms with Gasteiger partial charge in [-0.1, -0.05) is 41.9 Å². The van der Waals surface area contributed by atoms with Crippen LogP contribution in [-0.2, 0) is 15.8 Å². The van der Waals surface area contributed by atoms with Crippen LogP contribution in [0.1, 0.15) is 21.5 Å². The van der Waals surface area contributed by atoms with Crippen LogP contribution in [0, 0.1) is 0 Å². The van der Waals surface area contributed by atoms with Gasteiger partial charge in [-0.15, -0.1) is 0 Å². The minimum absolute atomic E-state index is 0.148. The molecule has 26 heavy (non-hydrogen) atoms. The first-order valence-electron chi connectivity index (χ1n) is 7.83. The van der Waals surface area contributed by atoms with E-state index in [0.29, 0.717) is 11.3 Å². The molecule has 0 saturated carbocycles. The first-order chi connectivity index (χ1) is 12.4. The maximum atomic E-state index is 12.0. The second-order valence-electron chi connectivity index (χ2n) is 6.24. The molecule has 5 aliphatic carbocycles. The number of rotatable bonds is 4. The summed E-state index contributed by atoms with van der Waals surface area (Å²) < 4.78 is 6.14. The van der Waals surface area contributed by atoms with E-state index in [0.717, 1.165) is 5.56 Å². The largest absolute Gasteiger partial charge is 0.480 e. The normalized spacial score (nSPS) is 25.3. The number of aromatic carboxylic acids is 1. The molecule has 4 bridgehead atoms. The maximum absolute atomic E-state index is 12.0.